The van der Waals surface area contributed by atoms with Crippen LogP contribution in [0.3, 0.4) is 0 Å². The third-order valence-corrected chi connectivity index (χ3v) is 6.12. The summed E-state index contributed by atoms with van der Waals surface area (Å²) in [7, 11) is 0. The molecule has 0 spiro atoms. The minimum atomic E-state index is -0.768. The zero-order chi connectivity index (χ0) is 17.8. The minimum absolute atomic E-state index is 0.210. The molecule has 1 aromatic carbocycles. The number of unbranched alkanes of at least 4 members (excludes halogenated alkanes) is 3. The van der Waals surface area contributed by atoms with Crippen LogP contribution >= 0.6 is 0 Å². The topological polar surface area (TPSA) is 23.5 Å². The number of nitrogens with zero attached hydrogens (tertiary/aromatic N) is 1. The van der Waals surface area contributed by atoms with Crippen molar-refractivity contribution in [3.05, 3.63) is 35.4 Å². The molecule has 1 fully saturated rings. The van der Waals surface area contributed by atoms with E-state index in [1.165, 1.54) is 57.3 Å². The molecule has 1 aromatic rings. The predicted octanol–water partition coefficient (Wildman–Crippen LogP) is 5.09. The Hall–Kier alpha value is -0.860. The first kappa shape index (κ1) is 19.5. The van der Waals surface area contributed by atoms with E-state index in [1.807, 2.05) is 19.9 Å². The second kappa shape index (κ2) is 8.01. The third-order valence-electron chi connectivity index (χ3n) is 6.12. The molecule has 1 saturated heterocycles. The van der Waals surface area contributed by atoms with E-state index >= 15 is 0 Å². The summed E-state index contributed by atoms with van der Waals surface area (Å²) in [5, 5.41) is 10.3. The maximum Gasteiger partial charge on any atom is 0.0840 e. The lowest BCUT2D eigenvalue weighted by Gasteiger charge is -2.45. The Morgan fingerprint density at radius 1 is 1.25 bits per heavy atom. The van der Waals surface area contributed by atoms with Crippen LogP contribution in [-0.4, -0.2) is 29.6 Å². The predicted molar refractivity (Wildman–Crippen MR) is 103 cm³/mol. The molecule has 136 valence electrons. The molecule has 0 aliphatic carbocycles. The van der Waals surface area contributed by atoms with E-state index in [0.717, 1.165) is 5.56 Å². The summed E-state index contributed by atoms with van der Waals surface area (Å²) in [6.07, 6.45) is 6.59. The van der Waals surface area contributed by atoms with Crippen molar-refractivity contribution >= 4 is 0 Å². The molecular formula is C22H37NO. The molecule has 2 heteroatoms. The average Bonchev–Trinajstić information content (AvgIpc) is 2.54. The second-order valence-corrected chi connectivity index (χ2v) is 8.57. The fourth-order valence-corrected chi connectivity index (χ4v) is 3.97. The smallest absolute Gasteiger partial charge is 0.0840 e. The summed E-state index contributed by atoms with van der Waals surface area (Å²) in [6, 6.07) is 8.63. The van der Waals surface area contributed by atoms with E-state index in [-0.39, 0.29) is 5.41 Å². The van der Waals surface area contributed by atoms with Crippen LogP contribution in [0, 0.1) is 5.92 Å². The van der Waals surface area contributed by atoms with E-state index in [4.69, 9.17) is 0 Å². The fraction of sp³-hybridized carbons (Fsp3) is 0.727. The summed E-state index contributed by atoms with van der Waals surface area (Å²) in [6.45, 7) is 14.5. The number of rotatable bonds is 7. The van der Waals surface area contributed by atoms with E-state index < -0.39 is 5.60 Å². The summed E-state index contributed by atoms with van der Waals surface area (Å²) in [5.74, 6) is 0.634. The van der Waals surface area contributed by atoms with E-state index in [0.29, 0.717) is 5.92 Å². The fourth-order valence-electron chi connectivity index (χ4n) is 3.97. The average molecular weight is 332 g/mol. The highest BCUT2D eigenvalue weighted by atomic mass is 16.3. The molecule has 0 saturated carbocycles. The number of hydrogen-bond acceptors (Lipinski definition) is 2. The van der Waals surface area contributed by atoms with Crippen molar-refractivity contribution in [3.63, 3.8) is 0 Å². The van der Waals surface area contributed by atoms with Gasteiger partial charge in [0, 0.05) is 6.54 Å². The van der Waals surface area contributed by atoms with Crippen LogP contribution in [0.1, 0.15) is 77.8 Å². The molecule has 0 amide bonds. The van der Waals surface area contributed by atoms with Crippen molar-refractivity contribution < 1.29 is 5.11 Å². The Morgan fingerprint density at radius 2 is 2.00 bits per heavy atom. The SMILES string of the molecule is CCCCCCN1CCC(C)(c2cccc(C(C)(C)O)c2)C(C)C1. The Morgan fingerprint density at radius 3 is 2.62 bits per heavy atom. The molecule has 0 radical (unpaired) electrons. The molecule has 1 N–H and O–H groups in total. The van der Waals surface area contributed by atoms with Gasteiger partial charge in [0.1, 0.15) is 0 Å². The highest BCUT2D eigenvalue weighted by molar-refractivity contribution is 5.33. The Balaban J connectivity index is 2.04. The lowest BCUT2D eigenvalue weighted by molar-refractivity contribution is 0.0777. The standard InChI is InChI=1S/C22H37NO/c1-6-7-8-9-14-23-15-13-22(5,18(2)17-23)20-12-10-11-19(16-20)21(3,4)24/h10-12,16,18,24H,6-9,13-15,17H2,1-5H3. The van der Waals surface area contributed by atoms with Crippen LogP contribution in [0.5, 0.6) is 0 Å². The molecule has 2 unspecified atom stereocenters. The van der Waals surface area contributed by atoms with Crippen LogP contribution in [0.4, 0.5) is 0 Å². The quantitative estimate of drug-likeness (QED) is 0.703. The minimum Gasteiger partial charge on any atom is -0.386 e. The highest BCUT2D eigenvalue weighted by Gasteiger charge is 2.38. The van der Waals surface area contributed by atoms with Gasteiger partial charge in [0.25, 0.3) is 0 Å². The lowest BCUT2D eigenvalue weighted by atomic mass is 9.67. The molecule has 24 heavy (non-hydrogen) atoms. The van der Waals surface area contributed by atoms with Crippen LogP contribution < -0.4 is 0 Å². The Labute approximate surface area is 149 Å². The first-order chi connectivity index (χ1) is 11.3. The molecule has 0 bridgehead atoms. The number of likely N-dealkylation sites (tertiary alicyclic amines) is 1. The van der Waals surface area contributed by atoms with Crippen molar-refractivity contribution in [2.45, 2.75) is 77.7 Å². The van der Waals surface area contributed by atoms with Gasteiger partial charge >= 0.3 is 0 Å². The Kier molecular flexibility index (Phi) is 6.50. The van der Waals surface area contributed by atoms with Gasteiger partial charge in [-0.05, 0) is 62.2 Å². The van der Waals surface area contributed by atoms with Crippen molar-refractivity contribution in [2.24, 2.45) is 5.92 Å². The summed E-state index contributed by atoms with van der Waals surface area (Å²) < 4.78 is 0. The highest BCUT2D eigenvalue weighted by Crippen LogP contribution is 2.40. The summed E-state index contributed by atoms with van der Waals surface area (Å²) >= 11 is 0. The second-order valence-electron chi connectivity index (χ2n) is 8.57. The first-order valence-corrected chi connectivity index (χ1v) is 9.83. The van der Waals surface area contributed by atoms with Gasteiger partial charge in [-0.15, -0.1) is 0 Å². The summed E-state index contributed by atoms with van der Waals surface area (Å²) in [5.41, 5.74) is 1.85. The van der Waals surface area contributed by atoms with Crippen molar-refractivity contribution in [1.29, 1.82) is 0 Å². The van der Waals surface area contributed by atoms with Crippen LogP contribution in [0.15, 0.2) is 24.3 Å². The number of piperidine rings is 1. The molecular weight excluding hydrogens is 294 g/mol. The van der Waals surface area contributed by atoms with Gasteiger partial charge in [-0.25, -0.2) is 0 Å². The first-order valence-electron chi connectivity index (χ1n) is 9.83. The number of aliphatic hydroxyl groups is 1. The molecule has 1 heterocycles. The molecule has 2 atom stereocenters. The summed E-state index contributed by atoms with van der Waals surface area (Å²) in [4.78, 5) is 2.65. The molecule has 1 aliphatic rings. The zero-order valence-corrected chi connectivity index (χ0v) is 16.4. The zero-order valence-electron chi connectivity index (χ0n) is 16.4. The van der Waals surface area contributed by atoms with Crippen molar-refractivity contribution in [2.75, 3.05) is 19.6 Å². The lowest BCUT2D eigenvalue weighted by Crippen LogP contribution is -2.47. The van der Waals surface area contributed by atoms with Gasteiger partial charge in [0.05, 0.1) is 5.60 Å². The van der Waals surface area contributed by atoms with E-state index in [9.17, 15) is 5.11 Å². The van der Waals surface area contributed by atoms with Gasteiger partial charge in [-0.2, -0.15) is 0 Å². The number of hydrogen-bond donors (Lipinski definition) is 1. The molecule has 2 nitrogen and oxygen atoms in total. The van der Waals surface area contributed by atoms with Gasteiger partial charge in [0.2, 0.25) is 0 Å². The maximum atomic E-state index is 10.3. The third kappa shape index (κ3) is 4.61. The van der Waals surface area contributed by atoms with E-state index in [2.05, 4.69) is 43.9 Å². The van der Waals surface area contributed by atoms with Gasteiger partial charge < -0.3 is 10.0 Å². The van der Waals surface area contributed by atoms with Crippen LogP contribution in [-0.2, 0) is 11.0 Å². The van der Waals surface area contributed by atoms with Crippen LogP contribution in [0.25, 0.3) is 0 Å². The van der Waals surface area contributed by atoms with Crippen molar-refractivity contribution in [1.82, 2.24) is 4.90 Å². The van der Waals surface area contributed by atoms with Gasteiger partial charge in [0.15, 0.2) is 0 Å². The van der Waals surface area contributed by atoms with Gasteiger partial charge in [-0.1, -0.05) is 64.3 Å². The molecule has 1 aliphatic heterocycles. The van der Waals surface area contributed by atoms with Gasteiger partial charge in [-0.3, -0.25) is 0 Å². The molecule has 0 aromatic heterocycles. The Bertz CT molecular complexity index is 519. The largest absolute Gasteiger partial charge is 0.386 e. The maximum absolute atomic E-state index is 10.3. The number of benzene rings is 1. The monoisotopic (exact) mass is 331 g/mol. The van der Waals surface area contributed by atoms with Crippen molar-refractivity contribution in [3.8, 4) is 0 Å². The van der Waals surface area contributed by atoms with E-state index in [1.54, 1.807) is 0 Å². The normalized spacial score (nSPS) is 25.8. The van der Waals surface area contributed by atoms with Crippen LogP contribution in [0.2, 0.25) is 0 Å². The molecule has 2 rings (SSSR count).